The number of anilines is 1. The van der Waals surface area contributed by atoms with E-state index in [2.05, 4.69) is 10.3 Å². The van der Waals surface area contributed by atoms with E-state index in [9.17, 15) is 9.59 Å². The molecule has 1 heterocycles. The average Bonchev–Trinajstić information content (AvgIpc) is 2.55. The van der Waals surface area contributed by atoms with Gasteiger partial charge in [-0.25, -0.2) is 9.78 Å². The van der Waals surface area contributed by atoms with Crippen molar-refractivity contribution in [2.24, 2.45) is 0 Å². The summed E-state index contributed by atoms with van der Waals surface area (Å²) in [7, 11) is 0. The van der Waals surface area contributed by atoms with E-state index < -0.39 is 18.5 Å². The number of hydrogen-bond donors (Lipinski definition) is 1. The van der Waals surface area contributed by atoms with Crippen LogP contribution in [0, 0.1) is 0 Å². The topological polar surface area (TPSA) is 77.5 Å². The van der Waals surface area contributed by atoms with Crippen molar-refractivity contribution in [3.8, 4) is 5.75 Å². The van der Waals surface area contributed by atoms with Crippen molar-refractivity contribution in [1.82, 2.24) is 4.98 Å². The molecule has 0 unspecified atom stereocenters. The van der Waals surface area contributed by atoms with Crippen LogP contribution in [0.4, 0.5) is 5.69 Å². The number of nitrogens with zero attached hydrogens (tertiary/aromatic N) is 1. The number of amides is 1. The second-order valence-corrected chi connectivity index (χ2v) is 4.75. The molecule has 0 saturated heterocycles. The minimum Gasteiger partial charge on any atom is -0.492 e. The summed E-state index contributed by atoms with van der Waals surface area (Å²) < 4.78 is 10.3. The fourth-order valence-electron chi connectivity index (χ4n) is 1.78. The Morgan fingerprint density at radius 2 is 2.00 bits per heavy atom. The minimum atomic E-state index is -0.712. The molecule has 1 aromatic heterocycles. The van der Waals surface area contributed by atoms with E-state index in [1.165, 1.54) is 12.3 Å². The SMILES string of the molecule is CCOc1ccccc1NC(=O)COC(=O)c1cccnc1Cl. The van der Waals surface area contributed by atoms with Crippen molar-refractivity contribution in [1.29, 1.82) is 0 Å². The first-order valence-electron chi connectivity index (χ1n) is 6.91. The average molecular weight is 335 g/mol. The zero-order chi connectivity index (χ0) is 16.7. The summed E-state index contributed by atoms with van der Waals surface area (Å²) >= 11 is 5.79. The number of carbonyl (C=O) groups excluding carboxylic acids is 2. The number of ether oxygens (including phenoxy) is 2. The number of hydrogen-bond acceptors (Lipinski definition) is 5. The molecule has 6 nitrogen and oxygen atoms in total. The highest BCUT2D eigenvalue weighted by Gasteiger charge is 2.15. The highest BCUT2D eigenvalue weighted by atomic mass is 35.5. The molecule has 0 aliphatic heterocycles. The van der Waals surface area contributed by atoms with Gasteiger partial charge in [0.15, 0.2) is 6.61 Å². The number of halogens is 1. The molecule has 0 radical (unpaired) electrons. The zero-order valence-electron chi connectivity index (χ0n) is 12.4. The largest absolute Gasteiger partial charge is 0.492 e. The molecular weight excluding hydrogens is 320 g/mol. The molecule has 0 spiro atoms. The number of benzene rings is 1. The predicted molar refractivity (Wildman–Crippen MR) is 85.8 cm³/mol. The lowest BCUT2D eigenvalue weighted by atomic mass is 10.3. The molecule has 2 aromatic rings. The van der Waals surface area contributed by atoms with Gasteiger partial charge in [-0.3, -0.25) is 4.79 Å². The Morgan fingerprint density at radius 1 is 1.22 bits per heavy atom. The maximum atomic E-state index is 11.9. The number of rotatable bonds is 6. The maximum Gasteiger partial charge on any atom is 0.341 e. The van der Waals surface area contributed by atoms with Gasteiger partial charge in [0, 0.05) is 6.20 Å². The molecule has 0 bridgehead atoms. The van der Waals surface area contributed by atoms with Crippen molar-refractivity contribution in [2.75, 3.05) is 18.5 Å². The van der Waals surface area contributed by atoms with E-state index in [0.717, 1.165) is 0 Å². The number of aromatic nitrogens is 1. The van der Waals surface area contributed by atoms with Crippen LogP contribution in [0.2, 0.25) is 5.15 Å². The number of carbonyl (C=O) groups is 2. The molecule has 120 valence electrons. The van der Waals surface area contributed by atoms with E-state index in [1.54, 1.807) is 30.3 Å². The van der Waals surface area contributed by atoms with Gasteiger partial charge in [-0.1, -0.05) is 23.7 Å². The van der Waals surface area contributed by atoms with E-state index in [-0.39, 0.29) is 10.7 Å². The molecule has 0 aliphatic rings. The van der Waals surface area contributed by atoms with Crippen LogP contribution in [0.5, 0.6) is 5.75 Å². The first-order valence-corrected chi connectivity index (χ1v) is 7.29. The van der Waals surface area contributed by atoms with Crippen LogP contribution in [-0.2, 0) is 9.53 Å². The predicted octanol–water partition coefficient (Wildman–Crippen LogP) is 2.93. The van der Waals surface area contributed by atoms with Gasteiger partial charge in [0.25, 0.3) is 5.91 Å². The Labute approximate surface area is 138 Å². The molecule has 0 aliphatic carbocycles. The molecule has 1 N–H and O–H groups in total. The third-order valence-corrected chi connectivity index (χ3v) is 3.08. The zero-order valence-corrected chi connectivity index (χ0v) is 13.2. The second kappa shape index (κ2) is 8.14. The van der Waals surface area contributed by atoms with Crippen molar-refractivity contribution >= 4 is 29.2 Å². The third-order valence-electron chi connectivity index (χ3n) is 2.77. The second-order valence-electron chi connectivity index (χ2n) is 4.40. The number of pyridine rings is 1. The van der Waals surface area contributed by atoms with E-state index in [1.807, 2.05) is 6.92 Å². The standard InChI is InChI=1S/C16H15ClN2O4/c1-2-22-13-8-4-3-7-12(13)19-14(20)10-23-16(21)11-6-5-9-18-15(11)17/h3-9H,2,10H2,1H3,(H,19,20). The van der Waals surface area contributed by atoms with Crippen molar-refractivity contribution in [3.05, 3.63) is 53.3 Å². The Hall–Kier alpha value is -2.60. The van der Waals surface area contributed by atoms with Crippen molar-refractivity contribution in [3.63, 3.8) is 0 Å². The monoisotopic (exact) mass is 334 g/mol. The van der Waals surface area contributed by atoms with Crippen LogP contribution in [0.25, 0.3) is 0 Å². The van der Waals surface area contributed by atoms with Crippen LogP contribution in [0.1, 0.15) is 17.3 Å². The van der Waals surface area contributed by atoms with Crippen LogP contribution < -0.4 is 10.1 Å². The van der Waals surface area contributed by atoms with Crippen LogP contribution in [0.15, 0.2) is 42.6 Å². The molecular formula is C16H15ClN2O4. The quantitative estimate of drug-likeness (QED) is 0.649. The summed E-state index contributed by atoms with van der Waals surface area (Å²) in [6, 6.07) is 10.0. The Kier molecular flexibility index (Phi) is 5.94. The number of nitrogens with one attached hydrogen (secondary N) is 1. The normalized spacial score (nSPS) is 10.0. The Morgan fingerprint density at radius 3 is 2.74 bits per heavy atom. The van der Waals surface area contributed by atoms with Gasteiger partial charge < -0.3 is 14.8 Å². The number of para-hydroxylation sites is 2. The van der Waals surface area contributed by atoms with Gasteiger partial charge in [-0.15, -0.1) is 0 Å². The molecule has 7 heteroatoms. The summed E-state index contributed by atoms with van der Waals surface area (Å²) in [5, 5.41) is 2.65. The Bertz CT molecular complexity index is 706. The molecule has 0 saturated carbocycles. The summed E-state index contributed by atoms with van der Waals surface area (Å²) in [4.78, 5) is 27.5. The summed E-state index contributed by atoms with van der Waals surface area (Å²) in [6.45, 7) is 1.88. The maximum absolute atomic E-state index is 11.9. The van der Waals surface area contributed by atoms with Gasteiger partial charge in [-0.2, -0.15) is 0 Å². The highest BCUT2D eigenvalue weighted by molar-refractivity contribution is 6.32. The first kappa shape index (κ1) is 16.8. The van der Waals surface area contributed by atoms with Gasteiger partial charge in [0.2, 0.25) is 0 Å². The van der Waals surface area contributed by atoms with Gasteiger partial charge in [-0.05, 0) is 31.2 Å². The van der Waals surface area contributed by atoms with Crippen LogP contribution in [-0.4, -0.2) is 30.1 Å². The highest BCUT2D eigenvalue weighted by Crippen LogP contribution is 2.23. The van der Waals surface area contributed by atoms with Crippen molar-refractivity contribution < 1.29 is 19.1 Å². The molecule has 0 fully saturated rings. The summed E-state index contributed by atoms with van der Waals surface area (Å²) in [5.41, 5.74) is 0.617. The van der Waals surface area contributed by atoms with Gasteiger partial charge >= 0.3 is 5.97 Å². The van der Waals surface area contributed by atoms with Gasteiger partial charge in [0.1, 0.15) is 10.9 Å². The first-order chi connectivity index (χ1) is 11.1. The van der Waals surface area contributed by atoms with E-state index in [0.29, 0.717) is 18.0 Å². The van der Waals surface area contributed by atoms with Crippen LogP contribution in [0.3, 0.4) is 0 Å². The molecule has 23 heavy (non-hydrogen) atoms. The van der Waals surface area contributed by atoms with E-state index >= 15 is 0 Å². The fourth-order valence-corrected chi connectivity index (χ4v) is 1.98. The number of esters is 1. The molecule has 2 rings (SSSR count). The lowest BCUT2D eigenvalue weighted by Gasteiger charge is -2.11. The smallest absolute Gasteiger partial charge is 0.341 e. The summed E-state index contributed by atoms with van der Waals surface area (Å²) in [6.07, 6.45) is 1.45. The molecule has 0 atom stereocenters. The molecule has 1 aromatic carbocycles. The van der Waals surface area contributed by atoms with Crippen LogP contribution >= 0.6 is 11.6 Å². The lowest BCUT2D eigenvalue weighted by Crippen LogP contribution is -2.21. The Balaban J connectivity index is 1.93. The third kappa shape index (κ3) is 4.69. The molecule has 1 amide bonds. The summed E-state index contributed by atoms with van der Waals surface area (Å²) in [5.74, 6) is -0.646. The van der Waals surface area contributed by atoms with E-state index in [4.69, 9.17) is 21.1 Å². The fraction of sp³-hybridized carbons (Fsp3) is 0.188. The van der Waals surface area contributed by atoms with Crippen molar-refractivity contribution in [2.45, 2.75) is 6.92 Å². The van der Waals surface area contributed by atoms with Gasteiger partial charge in [0.05, 0.1) is 17.9 Å². The minimum absolute atomic E-state index is 0.0274. The lowest BCUT2D eigenvalue weighted by molar-refractivity contribution is -0.119.